The third kappa shape index (κ3) is 2.73. The Morgan fingerprint density at radius 1 is 1.50 bits per heavy atom. The average Bonchev–Trinajstić information content (AvgIpc) is 2.75. The maximum atomic E-state index is 9.21. The van der Waals surface area contributed by atoms with Crippen molar-refractivity contribution in [3.8, 4) is 0 Å². The molecule has 1 aromatic heterocycles. The van der Waals surface area contributed by atoms with E-state index >= 15 is 0 Å². The van der Waals surface area contributed by atoms with Gasteiger partial charge in [-0.1, -0.05) is 24.1 Å². The number of hydrogen-bond donors (Lipinski definition) is 2. The first-order valence-electron chi connectivity index (χ1n) is 5.75. The molecule has 1 saturated carbocycles. The van der Waals surface area contributed by atoms with Gasteiger partial charge in [-0.2, -0.15) is 0 Å². The Bertz CT molecular complexity index is 346. The number of halogens is 1. The normalized spacial score (nSPS) is 24.9. The monoisotopic (exact) mass is 240 g/mol. The lowest BCUT2D eigenvalue weighted by atomic mass is 10.0. The number of aliphatic hydroxyl groups excluding tert-OH is 1. The summed E-state index contributed by atoms with van der Waals surface area (Å²) < 4.78 is 0. The van der Waals surface area contributed by atoms with E-state index in [0.29, 0.717) is 17.1 Å². The number of pyridine rings is 1. The summed E-state index contributed by atoms with van der Waals surface area (Å²) in [6.07, 6.45) is 5.15. The summed E-state index contributed by atoms with van der Waals surface area (Å²) in [5, 5.41) is 13.2. The zero-order valence-electron chi connectivity index (χ0n) is 9.19. The lowest BCUT2D eigenvalue weighted by molar-refractivity contribution is 0.205. The summed E-state index contributed by atoms with van der Waals surface area (Å²) in [4.78, 5) is 4.04. The van der Waals surface area contributed by atoms with Crippen LogP contribution in [0.1, 0.15) is 24.8 Å². The Morgan fingerprint density at radius 2 is 2.38 bits per heavy atom. The fourth-order valence-corrected chi connectivity index (χ4v) is 2.50. The molecule has 0 spiro atoms. The summed E-state index contributed by atoms with van der Waals surface area (Å²) in [5.41, 5.74) is 1.02. The summed E-state index contributed by atoms with van der Waals surface area (Å²) in [5.74, 6) is 0.399. The topological polar surface area (TPSA) is 45.1 Å². The van der Waals surface area contributed by atoms with Crippen molar-refractivity contribution >= 4 is 11.6 Å². The Balaban J connectivity index is 1.90. The van der Waals surface area contributed by atoms with E-state index in [1.54, 1.807) is 6.20 Å². The summed E-state index contributed by atoms with van der Waals surface area (Å²) in [7, 11) is 0. The number of aromatic nitrogens is 1. The quantitative estimate of drug-likeness (QED) is 0.792. The lowest BCUT2D eigenvalue weighted by Crippen LogP contribution is -2.33. The van der Waals surface area contributed by atoms with Gasteiger partial charge in [0.05, 0.1) is 0 Å². The van der Waals surface area contributed by atoms with Crippen molar-refractivity contribution < 1.29 is 5.11 Å². The van der Waals surface area contributed by atoms with E-state index in [2.05, 4.69) is 10.3 Å². The lowest BCUT2D eigenvalue weighted by Gasteiger charge is -2.19. The molecule has 0 saturated heterocycles. The molecule has 2 atom stereocenters. The highest BCUT2D eigenvalue weighted by atomic mass is 35.5. The molecule has 2 N–H and O–H groups in total. The summed E-state index contributed by atoms with van der Waals surface area (Å²) >= 11 is 5.98. The number of hydrogen-bond acceptors (Lipinski definition) is 3. The highest BCUT2D eigenvalue weighted by molar-refractivity contribution is 6.30. The molecule has 1 fully saturated rings. The van der Waals surface area contributed by atoms with Gasteiger partial charge in [0.15, 0.2) is 0 Å². The van der Waals surface area contributed by atoms with Gasteiger partial charge in [-0.15, -0.1) is 0 Å². The van der Waals surface area contributed by atoms with E-state index in [-0.39, 0.29) is 6.61 Å². The van der Waals surface area contributed by atoms with Crippen LogP contribution < -0.4 is 5.32 Å². The molecule has 2 unspecified atom stereocenters. The average molecular weight is 241 g/mol. The maximum absolute atomic E-state index is 9.21. The molecule has 1 aliphatic rings. The molecule has 16 heavy (non-hydrogen) atoms. The molecule has 1 heterocycles. The molecular formula is C12H17ClN2O. The molecule has 0 bridgehead atoms. The minimum Gasteiger partial charge on any atom is -0.396 e. The van der Waals surface area contributed by atoms with Crippen molar-refractivity contribution in [3.63, 3.8) is 0 Å². The molecule has 1 aliphatic carbocycles. The summed E-state index contributed by atoms with van der Waals surface area (Å²) in [6.45, 7) is 1.01. The molecule has 0 aliphatic heterocycles. The fourth-order valence-electron chi connectivity index (χ4n) is 2.32. The van der Waals surface area contributed by atoms with Crippen LogP contribution in [-0.4, -0.2) is 22.7 Å². The fraction of sp³-hybridized carbons (Fsp3) is 0.583. The third-order valence-corrected chi connectivity index (χ3v) is 3.62. The van der Waals surface area contributed by atoms with Crippen molar-refractivity contribution in [1.82, 2.24) is 10.3 Å². The Hall–Kier alpha value is -0.640. The van der Waals surface area contributed by atoms with Gasteiger partial charge in [0.2, 0.25) is 0 Å². The molecule has 4 heteroatoms. The van der Waals surface area contributed by atoms with E-state index in [0.717, 1.165) is 24.9 Å². The molecule has 88 valence electrons. The molecule has 3 nitrogen and oxygen atoms in total. The zero-order chi connectivity index (χ0) is 11.4. The Labute approximate surface area is 101 Å². The Kier molecular flexibility index (Phi) is 4.16. The van der Waals surface area contributed by atoms with Gasteiger partial charge in [0, 0.05) is 31.0 Å². The predicted octanol–water partition coefficient (Wildman–Crippen LogP) is 1.99. The van der Waals surface area contributed by atoms with Gasteiger partial charge in [0.1, 0.15) is 5.15 Å². The van der Waals surface area contributed by atoms with Crippen LogP contribution >= 0.6 is 11.6 Å². The minimum atomic E-state index is 0.276. The van der Waals surface area contributed by atoms with Crippen molar-refractivity contribution in [3.05, 3.63) is 29.0 Å². The molecule has 0 radical (unpaired) electrons. The molecule has 0 aromatic carbocycles. The van der Waals surface area contributed by atoms with Gasteiger partial charge < -0.3 is 10.4 Å². The minimum absolute atomic E-state index is 0.276. The van der Waals surface area contributed by atoms with Crippen LogP contribution in [0.5, 0.6) is 0 Å². The third-order valence-electron chi connectivity index (χ3n) is 3.28. The first-order chi connectivity index (χ1) is 7.81. The van der Waals surface area contributed by atoms with Crippen LogP contribution in [-0.2, 0) is 6.54 Å². The van der Waals surface area contributed by atoms with Crippen LogP contribution in [0.3, 0.4) is 0 Å². The largest absolute Gasteiger partial charge is 0.396 e. The van der Waals surface area contributed by atoms with Crippen molar-refractivity contribution in [2.45, 2.75) is 31.8 Å². The smallest absolute Gasteiger partial charge is 0.133 e. The highest BCUT2D eigenvalue weighted by Crippen LogP contribution is 2.25. The molecule has 1 aromatic rings. The van der Waals surface area contributed by atoms with Crippen LogP contribution in [0.25, 0.3) is 0 Å². The van der Waals surface area contributed by atoms with Crippen LogP contribution in [0, 0.1) is 5.92 Å². The number of aliphatic hydroxyl groups is 1. The van der Waals surface area contributed by atoms with Gasteiger partial charge in [0.25, 0.3) is 0 Å². The standard InChI is InChI=1S/C12H17ClN2O/c13-12-9(4-2-6-14-12)7-15-11-5-1-3-10(11)8-16/h2,4,6,10-11,15-16H,1,3,5,7-8H2. The van der Waals surface area contributed by atoms with Gasteiger partial charge in [-0.25, -0.2) is 4.98 Å². The van der Waals surface area contributed by atoms with Crippen molar-refractivity contribution in [1.29, 1.82) is 0 Å². The summed E-state index contributed by atoms with van der Waals surface area (Å²) in [6, 6.07) is 4.29. The first-order valence-corrected chi connectivity index (χ1v) is 6.12. The van der Waals surface area contributed by atoms with E-state index in [9.17, 15) is 5.11 Å². The Morgan fingerprint density at radius 3 is 3.12 bits per heavy atom. The van der Waals surface area contributed by atoms with Gasteiger partial charge >= 0.3 is 0 Å². The highest BCUT2D eigenvalue weighted by Gasteiger charge is 2.25. The van der Waals surface area contributed by atoms with Crippen LogP contribution in [0.15, 0.2) is 18.3 Å². The number of nitrogens with one attached hydrogen (secondary N) is 1. The molecular weight excluding hydrogens is 224 g/mol. The van der Waals surface area contributed by atoms with Crippen molar-refractivity contribution in [2.24, 2.45) is 5.92 Å². The number of rotatable bonds is 4. The van der Waals surface area contributed by atoms with E-state index in [4.69, 9.17) is 11.6 Å². The van der Waals surface area contributed by atoms with Crippen molar-refractivity contribution in [2.75, 3.05) is 6.61 Å². The van der Waals surface area contributed by atoms with Gasteiger partial charge in [-0.05, 0) is 24.8 Å². The van der Waals surface area contributed by atoms with Crippen LogP contribution in [0.4, 0.5) is 0 Å². The maximum Gasteiger partial charge on any atom is 0.133 e. The van der Waals surface area contributed by atoms with E-state index in [1.807, 2.05) is 12.1 Å². The second kappa shape index (κ2) is 5.62. The SMILES string of the molecule is OCC1CCCC1NCc1cccnc1Cl. The molecule has 2 rings (SSSR count). The number of nitrogens with zero attached hydrogens (tertiary/aromatic N) is 1. The predicted molar refractivity (Wildman–Crippen MR) is 64.3 cm³/mol. The first kappa shape index (κ1) is 11.8. The zero-order valence-corrected chi connectivity index (χ0v) is 9.95. The van der Waals surface area contributed by atoms with E-state index < -0.39 is 0 Å². The van der Waals surface area contributed by atoms with E-state index in [1.165, 1.54) is 6.42 Å². The molecule has 0 amide bonds. The second-order valence-electron chi connectivity index (χ2n) is 4.31. The van der Waals surface area contributed by atoms with Crippen LogP contribution in [0.2, 0.25) is 5.15 Å². The van der Waals surface area contributed by atoms with Gasteiger partial charge in [-0.3, -0.25) is 0 Å². The second-order valence-corrected chi connectivity index (χ2v) is 4.67.